The first-order valence-electron chi connectivity index (χ1n) is 5.86. The van der Waals surface area contributed by atoms with Crippen LogP contribution in [0.15, 0.2) is 47.4 Å². The summed E-state index contributed by atoms with van der Waals surface area (Å²) >= 11 is 7.22. The number of hydrogen-bond acceptors (Lipinski definition) is 3. The van der Waals surface area contributed by atoms with E-state index in [-0.39, 0.29) is 11.0 Å². The third-order valence-electron chi connectivity index (χ3n) is 2.71. The van der Waals surface area contributed by atoms with Crippen molar-refractivity contribution in [3.8, 4) is 0 Å². The average Bonchev–Trinajstić information content (AvgIpc) is 2.48. The molecule has 2 aromatic carbocycles. The number of halogens is 2. The maximum atomic E-state index is 13.1. The molecule has 0 radical (unpaired) electrons. The number of thioether (sulfide) groups is 1. The van der Waals surface area contributed by atoms with Crippen LogP contribution in [0.5, 0.6) is 0 Å². The van der Waals surface area contributed by atoms with Crippen molar-refractivity contribution in [3.63, 3.8) is 0 Å². The molecule has 0 amide bonds. The lowest BCUT2D eigenvalue weighted by Gasteiger charge is -2.08. The van der Waals surface area contributed by atoms with Gasteiger partial charge in [-0.2, -0.15) is 0 Å². The molecule has 2 aromatic rings. The third kappa shape index (κ3) is 3.52. The van der Waals surface area contributed by atoms with Crippen LogP contribution in [0, 0.1) is 5.82 Å². The van der Waals surface area contributed by atoms with Crippen LogP contribution in [-0.4, -0.2) is 13.1 Å². The molecule has 20 heavy (non-hydrogen) atoms. The lowest BCUT2D eigenvalue weighted by Crippen LogP contribution is -2.04. The van der Waals surface area contributed by atoms with Gasteiger partial charge in [-0.05, 0) is 29.8 Å². The largest absolute Gasteiger partial charge is 0.465 e. The van der Waals surface area contributed by atoms with E-state index >= 15 is 0 Å². The summed E-state index contributed by atoms with van der Waals surface area (Å²) in [5.41, 5.74) is 1.40. The number of carbonyl (C=O) groups excluding carboxylic acids is 1. The predicted molar refractivity (Wildman–Crippen MR) is 78.8 cm³/mol. The highest BCUT2D eigenvalue weighted by Crippen LogP contribution is 2.28. The SMILES string of the molecule is COC(=O)c1ccccc1CSc1ccc(F)c(Cl)c1. The highest BCUT2D eigenvalue weighted by molar-refractivity contribution is 7.98. The molecule has 0 saturated heterocycles. The Morgan fingerprint density at radius 3 is 2.75 bits per heavy atom. The van der Waals surface area contributed by atoms with E-state index in [1.165, 1.54) is 24.9 Å². The number of methoxy groups -OCH3 is 1. The van der Waals surface area contributed by atoms with Crippen LogP contribution in [0.25, 0.3) is 0 Å². The molecule has 0 aliphatic rings. The van der Waals surface area contributed by atoms with Crippen LogP contribution in [0.3, 0.4) is 0 Å². The normalized spacial score (nSPS) is 10.3. The predicted octanol–water partition coefficient (Wildman–Crippen LogP) is 4.56. The monoisotopic (exact) mass is 310 g/mol. The highest BCUT2D eigenvalue weighted by Gasteiger charge is 2.11. The zero-order valence-electron chi connectivity index (χ0n) is 10.7. The molecule has 0 aliphatic carbocycles. The minimum atomic E-state index is -0.439. The van der Waals surface area contributed by atoms with Gasteiger partial charge >= 0.3 is 5.97 Å². The van der Waals surface area contributed by atoms with Gasteiger partial charge in [0.1, 0.15) is 5.82 Å². The molecule has 0 N–H and O–H groups in total. The molecule has 0 unspecified atom stereocenters. The molecule has 0 fully saturated rings. The molecular formula is C15H12ClFO2S. The van der Waals surface area contributed by atoms with E-state index in [1.807, 2.05) is 12.1 Å². The van der Waals surface area contributed by atoms with E-state index in [9.17, 15) is 9.18 Å². The number of esters is 1. The fourth-order valence-corrected chi connectivity index (χ4v) is 2.87. The minimum Gasteiger partial charge on any atom is -0.465 e. The Labute approximate surface area is 125 Å². The number of rotatable bonds is 4. The Hall–Kier alpha value is -1.52. The van der Waals surface area contributed by atoms with Crippen molar-refractivity contribution in [1.82, 2.24) is 0 Å². The minimum absolute atomic E-state index is 0.0938. The van der Waals surface area contributed by atoms with Crippen LogP contribution < -0.4 is 0 Å². The first-order valence-corrected chi connectivity index (χ1v) is 7.22. The van der Waals surface area contributed by atoms with Gasteiger partial charge in [0.2, 0.25) is 0 Å². The topological polar surface area (TPSA) is 26.3 Å². The van der Waals surface area contributed by atoms with Crippen molar-refractivity contribution in [1.29, 1.82) is 0 Å². The summed E-state index contributed by atoms with van der Waals surface area (Å²) in [5, 5.41) is 0.0938. The van der Waals surface area contributed by atoms with Gasteiger partial charge in [0.25, 0.3) is 0 Å². The van der Waals surface area contributed by atoms with E-state index in [0.717, 1.165) is 10.5 Å². The molecule has 0 bridgehead atoms. The number of hydrogen-bond donors (Lipinski definition) is 0. The molecule has 5 heteroatoms. The zero-order chi connectivity index (χ0) is 14.5. The van der Waals surface area contributed by atoms with Crippen molar-refractivity contribution in [2.45, 2.75) is 10.6 Å². The second-order valence-corrected chi connectivity index (χ2v) is 5.47. The Balaban J connectivity index is 2.14. The maximum Gasteiger partial charge on any atom is 0.338 e. The van der Waals surface area contributed by atoms with Gasteiger partial charge in [-0.25, -0.2) is 9.18 Å². The van der Waals surface area contributed by atoms with Crippen molar-refractivity contribution in [2.75, 3.05) is 7.11 Å². The van der Waals surface area contributed by atoms with E-state index in [4.69, 9.17) is 16.3 Å². The first kappa shape index (κ1) is 14.9. The fraction of sp³-hybridized carbons (Fsp3) is 0.133. The average molecular weight is 311 g/mol. The summed E-state index contributed by atoms with van der Waals surface area (Å²) < 4.78 is 17.8. The molecule has 0 heterocycles. The van der Waals surface area contributed by atoms with Crippen molar-refractivity contribution in [2.24, 2.45) is 0 Å². The Bertz CT molecular complexity index is 631. The standard InChI is InChI=1S/C15H12ClFO2S/c1-19-15(18)12-5-3-2-4-10(12)9-20-11-6-7-14(17)13(16)8-11/h2-8H,9H2,1H3. The number of benzene rings is 2. The van der Waals surface area contributed by atoms with Crippen LogP contribution in [0.4, 0.5) is 4.39 Å². The number of carbonyl (C=O) groups is 1. The Morgan fingerprint density at radius 2 is 2.05 bits per heavy atom. The number of ether oxygens (including phenoxy) is 1. The Morgan fingerprint density at radius 1 is 1.30 bits per heavy atom. The van der Waals surface area contributed by atoms with E-state index < -0.39 is 5.82 Å². The molecule has 104 valence electrons. The van der Waals surface area contributed by atoms with Gasteiger partial charge in [-0.1, -0.05) is 29.8 Å². The lowest BCUT2D eigenvalue weighted by atomic mass is 10.1. The lowest BCUT2D eigenvalue weighted by molar-refractivity contribution is 0.0600. The third-order valence-corrected chi connectivity index (χ3v) is 4.04. The Kier molecular flexibility index (Phi) is 5.04. The van der Waals surface area contributed by atoms with Crippen molar-refractivity contribution < 1.29 is 13.9 Å². The van der Waals surface area contributed by atoms with Crippen molar-refractivity contribution >= 4 is 29.3 Å². The van der Waals surface area contributed by atoms with Gasteiger partial charge < -0.3 is 4.74 Å². The molecule has 0 saturated carbocycles. The van der Waals surface area contributed by atoms with Gasteiger partial charge in [-0.3, -0.25) is 0 Å². The summed E-state index contributed by atoms with van der Waals surface area (Å²) in [4.78, 5) is 12.5. The second-order valence-electron chi connectivity index (χ2n) is 4.01. The van der Waals surface area contributed by atoms with E-state index in [2.05, 4.69) is 0 Å². The van der Waals surface area contributed by atoms with Gasteiger partial charge in [0.05, 0.1) is 17.7 Å². The summed E-state index contributed by atoms with van der Waals surface area (Å²) in [7, 11) is 1.35. The summed E-state index contributed by atoms with van der Waals surface area (Å²) in [6.07, 6.45) is 0. The quantitative estimate of drug-likeness (QED) is 0.612. The van der Waals surface area contributed by atoms with E-state index in [0.29, 0.717) is 11.3 Å². The molecule has 0 aromatic heterocycles. The van der Waals surface area contributed by atoms with Gasteiger partial charge in [-0.15, -0.1) is 11.8 Å². The van der Waals surface area contributed by atoms with Gasteiger partial charge in [0, 0.05) is 10.6 Å². The first-order chi connectivity index (χ1) is 9.61. The van der Waals surface area contributed by atoms with Crippen LogP contribution in [0.1, 0.15) is 15.9 Å². The molecular weight excluding hydrogens is 299 g/mol. The highest BCUT2D eigenvalue weighted by atomic mass is 35.5. The van der Waals surface area contributed by atoms with Crippen LogP contribution in [-0.2, 0) is 10.5 Å². The summed E-state index contributed by atoms with van der Waals surface area (Å²) in [6, 6.07) is 11.8. The molecule has 0 aliphatic heterocycles. The molecule has 0 spiro atoms. The van der Waals surface area contributed by atoms with Crippen LogP contribution >= 0.6 is 23.4 Å². The second kappa shape index (κ2) is 6.77. The van der Waals surface area contributed by atoms with Gasteiger partial charge in [0.15, 0.2) is 0 Å². The van der Waals surface area contributed by atoms with E-state index in [1.54, 1.807) is 24.3 Å². The summed E-state index contributed by atoms with van der Waals surface area (Å²) in [5.74, 6) is -0.225. The molecule has 2 rings (SSSR count). The smallest absolute Gasteiger partial charge is 0.338 e. The van der Waals surface area contributed by atoms with Crippen LogP contribution in [0.2, 0.25) is 5.02 Å². The summed E-state index contributed by atoms with van der Waals surface area (Å²) in [6.45, 7) is 0. The molecule has 2 nitrogen and oxygen atoms in total. The zero-order valence-corrected chi connectivity index (χ0v) is 12.3. The van der Waals surface area contributed by atoms with Crippen molar-refractivity contribution in [3.05, 3.63) is 64.4 Å². The molecule has 0 atom stereocenters. The fourth-order valence-electron chi connectivity index (χ4n) is 1.68. The maximum absolute atomic E-state index is 13.1.